The number of amides is 2. The number of hydrogen-bond acceptors (Lipinski definition) is 15. The predicted octanol–water partition coefficient (Wildman–Crippen LogP) is 11.0. The molecule has 4 saturated carbocycles. The van der Waals surface area contributed by atoms with Gasteiger partial charge in [0.05, 0.1) is 44.1 Å². The average molecular weight is 1230 g/mol. The molecule has 90 heavy (non-hydrogen) atoms. The Morgan fingerprint density at radius 2 is 1.58 bits per heavy atom. The molecule has 0 spiro atoms. The highest BCUT2D eigenvalue weighted by Crippen LogP contribution is 2.65. The summed E-state index contributed by atoms with van der Waals surface area (Å²) in [6, 6.07) is 14.7. The Hall–Kier alpha value is -6.40. The number of nitrogens with zero attached hydrogens (tertiary/aromatic N) is 1. The first-order valence-corrected chi connectivity index (χ1v) is 34.3. The maximum atomic E-state index is 14.5. The summed E-state index contributed by atoms with van der Waals surface area (Å²) in [7, 11) is 3.30. The fraction of sp³-hybridized carbons (Fsp3) is 0.568. The lowest BCUT2D eigenvalue weighted by molar-refractivity contribution is -0.154. The average Bonchev–Trinajstić information content (AvgIpc) is 0.737. The number of aromatic hydroxyl groups is 1. The number of aliphatic hydroxyl groups excluding tert-OH is 3. The Balaban J connectivity index is 0.768. The molecule has 4 heterocycles. The van der Waals surface area contributed by atoms with E-state index in [1.54, 1.807) is 24.1 Å². The van der Waals surface area contributed by atoms with Gasteiger partial charge in [0.15, 0.2) is 23.5 Å². The van der Waals surface area contributed by atoms with E-state index in [0.29, 0.717) is 84.6 Å². The highest BCUT2D eigenvalue weighted by molar-refractivity contribution is 6.17. The molecule has 11 atom stereocenters. The minimum atomic E-state index is -1.09. The van der Waals surface area contributed by atoms with Crippen LogP contribution in [0.4, 0.5) is 5.69 Å². The number of anilines is 1. The molecule has 7 aliphatic carbocycles. The third-order valence-corrected chi connectivity index (χ3v) is 23.7. The van der Waals surface area contributed by atoms with Crippen LogP contribution < -0.4 is 45.0 Å². The van der Waals surface area contributed by atoms with Crippen molar-refractivity contribution in [1.82, 2.24) is 20.9 Å². The van der Waals surface area contributed by atoms with Crippen LogP contribution in [0.3, 0.4) is 0 Å². The normalized spacial score (nSPS) is 30.4. The van der Waals surface area contributed by atoms with Gasteiger partial charge in [0.1, 0.15) is 23.9 Å². The largest absolute Gasteiger partial charge is 0.502 e. The smallest absolute Gasteiger partial charge is 0.258 e. The molecule has 16 heteroatoms. The Morgan fingerprint density at radius 3 is 2.38 bits per heavy atom. The quantitative estimate of drug-likeness (QED) is 0.0344. The Kier molecular flexibility index (Phi) is 15.9. The molecule has 478 valence electrons. The molecule has 4 aliphatic heterocycles. The van der Waals surface area contributed by atoms with Gasteiger partial charge in [0.2, 0.25) is 5.75 Å². The van der Waals surface area contributed by atoms with Crippen LogP contribution in [0.15, 0.2) is 66.3 Å². The summed E-state index contributed by atoms with van der Waals surface area (Å²) in [5.41, 5.74) is 8.28. The fourth-order valence-corrected chi connectivity index (χ4v) is 19.8. The number of carbonyl (C=O) groups excluding carboxylic acids is 2. The number of aliphatic hydroxyl groups is 3. The second-order valence-electron chi connectivity index (χ2n) is 28.3. The number of hydrogen-bond donors (Lipinski definition) is 8. The van der Waals surface area contributed by atoms with Crippen molar-refractivity contribution in [3.63, 3.8) is 0 Å². The lowest BCUT2D eigenvalue weighted by atomic mass is 9.43. The third-order valence-electron chi connectivity index (χ3n) is 23.7. The van der Waals surface area contributed by atoms with Gasteiger partial charge >= 0.3 is 0 Å². The zero-order valence-corrected chi connectivity index (χ0v) is 52.7. The maximum absolute atomic E-state index is 14.5. The molecule has 0 unspecified atom stereocenters. The first kappa shape index (κ1) is 59.9. The van der Waals surface area contributed by atoms with E-state index in [0.717, 1.165) is 121 Å². The van der Waals surface area contributed by atoms with E-state index in [-0.39, 0.29) is 72.7 Å². The van der Waals surface area contributed by atoms with Crippen LogP contribution in [0.25, 0.3) is 23.3 Å². The summed E-state index contributed by atoms with van der Waals surface area (Å²) in [5.74, 6) is 0.498. The molecule has 4 aromatic rings. The van der Waals surface area contributed by atoms with Gasteiger partial charge in [0.25, 0.3) is 11.8 Å². The molecule has 0 aromatic heterocycles. The minimum absolute atomic E-state index is 0.00720. The van der Waals surface area contributed by atoms with Crippen molar-refractivity contribution in [2.24, 2.45) is 29.6 Å². The number of allylic oxidation sites excluding steroid dienone is 2. The molecule has 15 rings (SSSR count). The van der Waals surface area contributed by atoms with Gasteiger partial charge in [0, 0.05) is 106 Å². The molecule has 0 radical (unpaired) electrons. The SMILES string of the molecule is CNCC1=CC(=O)N(C2([C@@H]3CC[C@@H]4C=Cc5cccc6c5[C@]4([C@H](CO)COc4cc([C@@H]5COc7cc8c9c(c7[C@H]5O)CCc5c(OCCNC7CCCCC7)cc(O[C@@]7%10CCCC[C@@H]7CC[C@H](C)N%10)c(c5-9)[C@@H](O)N8)cc(OC)c4O)[C@@H]3C=C6)CCCCC2)C1=O. The third kappa shape index (κ3) is 9.63. The van der Waals surface area contributed by atoms with Crippen LogP contribution in [-0.4, -0.2) is 114 Å². The van der Waals surface area contributed by atoms with Gasteiger partial charge in [-0.3, -0.25) is 19.8 Å². The van der Waals surface area contributed by atoms with E-state index in [1.807, 2.05) is 12.1 Å². The summed E-state index contributed by atoms with van der Waals surface area (Å²) >= 11 is 0. The number of piperidine rings is 1. The number of likely N-dealkylation sites (N-methyl/N-ethyl adjacent to an activating group) is 1. The molecule has 8 N–H and O–H groups in total. The van der Waals surface area contributed by atoms with Crippen molar-refractivity contribution in [3.8, 4) is 45.6 Å². The molecule has 16 nitrogen and oxygen atoms in total. The predicted molar refractivity (Wildman–Crippen MR) is 345 cm³/mol. The minimum Gasteiger partial charge on any atom is -0.502 e. The number of benzene rings is 4. The summed E-state index contributed by atoms with van der Waals surface area (Å²) in [6.07, 6.45) is 28.0. The number of imide groups is 1. The van der Waals surface area contributed by atoms with Crippen molar-refractivity contribution in [1.29, 1.82) is 0 Å². The lowest BCUT2D eigenvalue weighted by Gasteiger charge is -2.63. The first-order chi connectivity index (χ1) is 43.9. The standard InChI is InChI=1S/C74H91N5O11/c1-42-18-21-47-15-8-11-30-73(47,78-42)90-59-37-57(87-32-31-76-50-16-6-4-7-17-50)51-24-25-52-63-56(77-70(84)66(59)65(51)63)36-58-64(52)68(82)53(41-89-58)45-33-60(86-3)69(83)61(34-45)88-40-49(39-80)74-48-22-19-43-13-12-14-44(67(43)74)20-26-55(74)54(27-23-48)72(28-9-5-10-29-72)79-62(81)35-46(38-75-2)71(79)85/h12-14,19-20,22,26,33-37,42,47-50,53-55,68,70,75-78,80,82-84H,4-11,15-18,21,23-25,27-32,38-41H2,1-3H3/t42-,47+,48-,49+,53-,54+,55+,68-,70+,73-,74+/m0/s1. The van der Waals surface area contributed by atoms with E-state index in [2.05, 4.69) is 70.7 Å². The van der Waals surface area contributed by atoms with Crippen LogP contribution in [0.2, 0.25) is 0 Å². The van der Waals surface area contributed by atoms with E-state index in [1.165, 1.54) is 51.7 Å². The second-order valence-corrected chi connectivity index (χ2v) is 28.3. The summed E-state index contributed by atoms with van der Waals surface area (Å²) < 4.78 is 34.0. The summed E-state index contributed by atoms with van der Waals surface area (Å²) in [4.78, 5) is 30.5. The van der Waals surface area contributed by atoms with Crippen molar-refractivity contribution >= 4 is 29.7 Å². The number of rotatable bonds is 18. The highest BCUT2D eigenvalue weighted by Gasteiger charge is 2.64. The number of phenolic OH excluding ortho intramolecular Hbond substituents is 1. The number of fused-ring (bicyclic) bond motifs is 3. The molecule has 2 amide bonds. The molecular weight excluding hydrogens is 1130 g/mol. The van der Waals surface area contributed by atoms with Crippen molar-refractivity contribution in [2.45, 2.75) is 182 Å². The summed E-state index contributed by atoms with van der Waals surface area (Å²) in [5, 5.41) is 64.0. The molecule has 0 bridgehead atoms. The van der Waals surface area contributed by atoms with Gasteiger partial charge < -0.3 is 60.1 Å². The fourth-order valence-electron chi connectivity index (χ4n) is 19.8. The Labute approximate surface area is 529 Å². The van der Waals surface area contributed by atoms with Crippen LogP contribution in [-0.2, 0) is 27.8 Å². The van der Waals surface area contributed by atoms with E-state index in [4.69, 9.17) is 23.7 Å². The molecule has 1 saturated heterocycles. The van der Waals surface area contributed by atoms with Gasteiger partial charge in [-0.05, 0) is 149 Å². The van der Waals surface area contributed by atoms with Crippen molar-refractivity contribution < 1.29 is 53.7 Å². The Bertz CT molecular complexity index is 3570. The van der Waals surface area contributed by atoms with E-state index in [9.17, 15) is 30.0 Å². The maximum Gasteiger partial charge on any atom is 0.258 e. The van der Waals surface area contributed by atoms with Crippen LogP contribution >= 0.6 is 0 Å². The topological polar surface area (TPSA) is 213 Å². The van der Waals surface area contributed by atoms with Gasteiger partial charge in [-0.1, -0.05) is 87.4 Å². The van der Waals surface area contributed by atoms with E-state index >= 15 is 0 Å². The number of nitrogens with one attached hydrogen (secondary N) is 4. The van der Waals surface area contributed by atoms with Crippen LogP contribution in [0, 0.1) is 29.6 Å². The monoisotopic (exact) mass is 1230 g/mol. The number of carbonyl (C=O) groups is 2. The zero-order valence-electron chi connectivity index (χ0n) is 52.7. The second kappa shape index (κ2) is 23.9. The van der Waals surface area contributed by atoms with Gasteiger partial charge in [-0.15, -0.1) is 0 Å². The molecular formula is C74H91N5O11. The van der Waals surface area contributed by atoms with Gasteiger partial charge in [-0.25, -0.2) is 0 Å². The van der Waals surface area contributed by atoms with Crippen molar-refractivity contribution in [2.75, 3.05) is 59.0 Å². The first-order valence-electron chi connectivity index (χ1n) is 34.3. The van der Waals surface area contributed by atoms with Crippen molar-refractivity contribution in [3.05, 3.63) is 111 Å². The highest BCUT2D eigenvalue weighted by atomic mass is 16.5. The number of phenols is 1. The van der Waals surface area contributed by atoms with Crippen LogP contribution in [0.5, 0.6) is 34.5 Å². The lowest BCUT2D eigenvalue weighted by Crippen LogP contribution is -2.66. The molecule has 5 fully saturated rings. The molecule has 4 aromatic carbocycles. The summed E-state index contributed by atoms with van der Waals surface area (Å²) in [6.45, 7) is 3.65. The van der Waals surface area contributed by atoms with Gasteiger partial charge in [-0.2, -0.15) is 0 Å². The number of methoxy groups -OCH3 is 1. The molecule has 11 aliphatic rings. The number of ether oxygens (including phenoxy) is 5. The van der Waals surface area contributed by atoms with Crippen LogP contribution in [0.1, 0.15) is 185 Å². The zero-order chi connectivity index (χ0) is 61.6. The Morgan fingerprint density at radius 1 is 0.811 bits per heavy atom. The van der Waals surface area contributed by atoms with E-state index < -0.39 is 40.8 Å².